The minimum atomic E-state index is -1.78. The lowest BCUT2D eigenvalue weighted by molar-refractivity contribution is -0.167. The Morgan fingerprint density at radius 2 is 2.14 bits per heavy atom. The van der Waals surface area contributed by atoms with E-state index in [2.05, 4.69) is 16.2 Å². The molecule has 2 aliphatic rings. The SMILES string of the molecule is Br.COC(=O)C(C)(C)[C@H]1O[C@@](C#N)(c2ccc3c(N)ncnn23)[C@@H]2OC(=O)O[C@@H]21. The molecule has 2 fully saturated rings. The molecule has 0 aromatic carbocycles. The molecule has 2 N–H and O–H groups in total. The molecule has 0 aliphatic carbocycles. The average molecular weight is 468 g/mol. The number of carbonyl (C=O) groups is 2. The molecule has 4 rings (SSSR count). The molecule has 0 spiro atoms. The van der Waals surface area contributed by atoms with Gasteiger partial charge in [-0.25, -0.2) is 14.3 Å². The first-order chi connectivity index (χ1) is 13.3. The van der Waals surface area contributed by atoms with Gasteiger partial charge in [-0.15, -0.1) is 17.0 Å². The summed E-state index contributed by atoms with van der Waals surface area (Å²) in [6, 6.07) is 5.30. The summed E-state index contributed by atoms with van der Waals surface area (Å²) in [5.41, 5.74) is 3.59. The van der Waals surface area contributed by atoms with E-state index in [0.717, 1.165) is 0 Å². The number of rotatable bonds is 3. The summed E-state index contributed by atoms with van der Waals surface area (Å²) in [4.78, 5) is 28.1. The maximum absolute atomic E-state index is 12.3. The standard InChI is InChI=1S/C17H17N5O6.BrH/c1-16(2,14(23)25-3)11-10-12(27-15(24)26-10)17(6-18,28-11)9-5-4-8-13(19)20-7-21-22(8)9;/h4-5,7,10-12H,1-3H3,(H2,19,20,21);1H/t10-,11+,12-,17+;/m1./s1. The molecule has 4 heterocycles. The number of esters is 1. The van der Waals surface area contributed by atoms with Crippen LogP contribution in [0.2, 0.25) is 0 Å². The van der Waals surface area contributed by atoms with Crippen molar-refractivity contribution in [3.63, 3.8) is 0 Å². The molecule has 2 aliphatic heterocycles. The van der Waals surface area contributed by atoms with Gasteiger partial charge in [0, 0.05) is 0 Å². The molecule has 0 amide bonds. The Labute approximate surface area is 175 Å². The van der Waals surface area contributed by atoms with Gasteiger partial charge in [-0.3, -0.25) is 4.79 Å². The van der Waals surface area contributed by atoms with Crippen LogP contribution >= 0.6 is 17.0 Å². The van der Waals surface area contributed by atoms with E-state index in [-0.39, 0.29) is 28.5 Å². The van der Waals surface area contributed by atoms with Crippen molar-refractivity contribution in [3.05, 3.63) is 24.2 Å². The average Bonchev–Trinajstić information content (AvgIpc) is 3.34. The van der Waals surface area contributed by atoms with Gasteiger partial charge in [0.1, 0.15) is 24.0 Å². The van der Waals surface area contributed by atoms with Crippen LogP contribution < -0.4 is 5.73 Å². The zero-order valence-corrected chi connectivity index (χ0v) is 17.4. The van der Waals surface area contributed by atoms with E-state index in [0.29, 0.717) is 5.52 Å². The fraction of sp³-hybridized carbons (Fsp3) is 0.471. The van der Waals surface area contributed by atoms with Gasteiger partial charge in [0.05, 0.1) is 18.2 Å². The molecule has 2 aromatic heterocycles. The first kappa shape index (κ1) is 20.8. The molecular formula is C17H18BrN5O6. The second kappa shape index (κ2) is 6.85. The third kappa shape index (κ3) is 2.72. The van der Waals surface area contributed by atoms with Crippen LogP contribution in [-0.4, -0.2) is 52.1 Å². The van der Waals surface area contributed by atoms with Gasteiger partial charge in [0.25, 0.3) is 0 Å². The maximum Gasteiger partial charge on any atom is 0.509 e. The normalized spacial score (nSPS) is 28.1. The number of aromatic nitrogens is 3. The quantitative estimate of drug-likeness (QED) is 0.649. The summed E-state index contributed by atoms with van der Waals surface area (Å²) in [6.07, 6.45) is -2.82. The number of halogens is 1. The molecule has 2 aromatic rings. The van der Waals surface area contributed by atoms with Crippen molar-refractivity contribution >= 4 is 40.4 Å². The summed E-state index contributed by atoms with van der Waals surface area (Å²) in [6.45, 7) is 3.16. The van der Waals surface area contributed by atoms with Crippen LogP contribution in [0.15, 0.2) is 18.5 Å². The van der Waals surface area contributed by atoms with E-state index in [9.17, 15) is 14.9 Å². The fourth-order valence-electron chi connectivity index (χ4n) is 3.77. The van der Waals surface area contributed by atoms with Crippen molar-refractivity contribution in [2.75, 3.05) is 12.8 Å². The highest BCUT2D eigenvalue weighted by molar-refractivity contribution is 8.93. The van der Waals surface area contributed by atoms with E-state index < -0.39 is 41.5 Å². The predicted octanol–water partition coefficient (Wildman–Crippen LogP) is 1.11. The number of ether oxygens (including phenoxy) is 4. The summed E-state index contributed by atoms with van der Waals surface area (Å²) >= 11 is 0. The number of nitrogen functional groups attached to an aromatic ring is 1. The van der Waals surface area contributed by atoms with Crippen molar-refractivity contribution < 1.29 is 28.5 Å². The van der Waals surface area contributed by atoms with Crippen molar-refractivity contribution in [3.8, 4) is 6.07 Å². The first-order valence-corrected chi connectivity index (χ1v) is 8.39. The van der Waals surface area contributed by atoms with Crippen molar-refractivity contribution in [2.45, 2.75) is 37.8 Å². The monoisotopic (exact) mass is 467 g/mol. The van der Waals surface area contributed by atoms with Crippen LogP contribution in [0.4, 0.5) is 10.6 Å². The van der Waals surface area contributed by atoms with Crippen LogP contribution in [0, 0.1) is 16.7 Å². The van der Waals surface area contributed by atoms with Crippen LogP contribution in [0.5, 0.6) is 0 Å². The number of hydrogen-bond acceptors (Lipinski definition) is 10. The number of carbonyl (C=O) groups excluding carboxylic acids is 2. The Morgan fingerprint density at radius 3 is 2.79 bits per heavy atom. The smallest absolute Gasteiger partial charge is 0.469 e. The molecule has 29 heavy (non-hydrogen) atoms. The Hall–Kier alpha value is -2.91. The highest BCUT2D eigenvalue weighted by Gasteiger charge is 2.69. The van der Waals surface area contributed by atoms with Crippen LogP contribution in [-0.2, 0) is 29.3 Å². The Morgan fingerprint density at radius 1 is 1.41 bits per heavy atom. The number of nitrogens with two attached hydrogens (primary N) is 1. The summed E-state index contributed by atoms with van der Waals surface area (Å²) in [5.74, 6) is -0.380. The second-order valence-corrected chi connectivity index (χ2v) is 7.13. The molecule has 0 bridgehead atoms. The van der Waals surface area contributed by atoms with E-state index >= 15 is 0 Å². The topological polar surface area (TPSA) is 151 Å². The lowest BCUT2D eigenvalue weighted by atomic mass is 9.82. The number of hydrogen-bond donors (Lipinski definition) is 1. The van der Waals surface area contributed by atoms with Gasteiger partial charge < -0.3 is 24.7 Å². The molecule has 11 nitrogen and oxygen atoms in total. The van der Waals surface area contributed by atoms with Gasteiger partial charge in [0.2, 0.25) is 5.60 Å². The Kier molecular flexibility index (Phi) is 4.92. The van der Waals surface area contributed by atoms with Crippen LogP contribution in [0.3, 0.4) is 0 Å². The van der Waals surface area contributed by atoms with Gasteiger partial charge >= 0.3 is 12.1 Å². The Bertz CT molecular complexity index is 1030. The molecular weight excluding hydrogens is 450 g/mol. The molecule has 4 atom stereocenters. The van der Waals surface area contributed by atoms with E-state index in [4.69, 9.17) is 24.7 Å². The van der Waals surface area contributed by atoms with Crippen molar-refractivity contribution in [1.29, 1.82) is 5.26 Å². The lowest BCUT2D eigenvalue weighted by Crippen LogP contribution is -2.45. The van der Waals surface area contributed by atoms with Gasteiger partial charge in [-0.05, 0) is 26.0 Å². The van der Waals surface area contributed by atoms with Crippen LogP contribution in [0.25, 0.3) is 5.52 Å². The van der Waals surface area contributed by atoms with Crippen LogP contribution in [0.1, 0.15) is 19.5 Å². The zero-order valence-electron chi connectivity index (χ0n) is 15.7. The van der Waals surface area contributed by atoms with E-state index in [1.54, 1.807) is 26.0 Å². The number of fused-ring (bicyclic) bond motifs is 2. The summed E-state index contributed by atoms with van der Waals surface area (Å²) in [7, 11) is 1.24. The number of nitriles is 1. The molecule has 0 unspecified atom stereocenters. The highest BCUT2D eigenvalue weighted by Crippen LogP contribution is 2.50. The van der Waals surface area contributed by atoms with E-state index in [1.165, 1.54) is 18.0 Å². The second-order valence-electron chi connectivity index (χ2n) is 7.13. The number of nitrogens with zero attached hydrogens (tertiary/aromatic N) is 4. The molecule has 154 valence electrons. The maximum atomic E-state index is 12.3. The van der Waals surface area contributed by atoms with E-state index in [1.807, 2.05) is 0 Å². The predicted molar refractivity (Wildman–Crippen MR) is 101 cm³/mol. The fourth-order valence-corrected chi connectivity index (χ4v) is 3.77. The largest absolute Gasteiger partial charge is 0.509 e. The van der Waals surface area contributed by atoms with Crippen molar-refractivity contribution in [2.24, 2.45) is 5.41 Å². The molecule has 0 saturated carbocycles. The highest BCUT2D eigenvalue weighted by atomic mass is 79.9. The third-order valence-electron chi connectivity index (χ3n) is 5.22. The van der Waals surface area contributed by atoms with Gasteiger partial charge in [-0.1, -0.05) is 0 Å². The van der Waals surface area contributed by atoms with Crippen molar-refractivity contribution in [1.82, 2.24) is 14.6 Å². The number of methoxy groups -OCH3 is 1. The summed E-state index contributed by atoms with van der Waals surface area (Å²) < 4.78 is 22.9. The Balaban J connectivity index is 0.00000240. The molecule has 12 heteroatoms. The minimum Gasteiger partial charge on any atom is -0.469 e. The van der Waals surface area contributed by atoms with Gasteiger partial charge in [0.15, 0.2) is 18.0 Å². The third-order valence-corrected chi connectivity index (χ3v) is 5.22. The number of anilines is 1. The zero-order chi connectivity index (χ0) is 20.3. The minimum absolute atomic E-state index is 0. The molecule has 0 radical (unpaired) electrons. The first-order valence-electron chi connectivity index (χ1n) is 8.39. The summed E-state index contributed by atoms with van der Waals surface area (Å²) in [5, 5.41) is 14.2. The molecule has 2 saturated heterocycles. The lowest BCUT2D eigenvalue weighted by Gasteiger charge is -2.31. The van der Waals surface area contributed by atoms with Gasteiger partial charge in [-0.2, -0.15) is 10.4 Å².